The van der Waals surface area contributed by atoms with Crippen LogP contribution in [0.25, 0.3) is 0 Å². The van der Waals surface area contributed by atoms with Crippen molar-refractivity contribution in [3.8, 4) is 0 Å². The summed E-state index contributed by atoms with van der Waals surface area (Å²) >= 11 is 0. The largest absolute Gasteiger partial charge is 0.370 e. The van der Waals surface area contributed by atoms with Crippen LogP contribution in [-0.2, 0) is 19.0 Å². The summed E-state index contributed by atoms with van der Waals surface area (Å²) in [4.78, 5) is 0. The van der Waals surface area contributed by atoms with Crippen LogP contribution in [0.4, 0.5) is 0 Å². The van der Waals surface area contributed by atoms with Gasteiger partial charge in [0.1, 0.15) is 17.0 Å². The molecule has 5 heteroatoms. The zero-order valence-corrected chi connectivity index (χ0v) is 9.30. The van der Waals surface area contributed by atoms with Crippen LogP contribution >= 0.6 is 0 Å². The summed E-state index contributed by atoms with van der Waals surface area (Å²) in [6, 6.07) is 0. The molecule has 3 saturated heterocycles. The second-order valence-electron chi connectivity index (χ2n) is 5.22. The first-order chi connectivity index (χ1) is 6.29. The van der Waals surface area contributed by atoms with E-state index < -0.39 is 21.0 Å². The lowest BCUT2D eigenvalue weighted by Gasteiger charge is -2.38. The summed E-state index contributed by atoms with van der Waals surface area (Å²) in [6.07, 6.45) is 0.363. The lowest BCUT2D eigenvalue weighted by molar-refractivity contribution is -0.00606. The van der Waals surface area contributed by atoms with Crippen molar-refractivity contribution in [2.45, 2.75) is 50.3 Å². The Morgan fingerprint density at radius 1 is 1.29 bits per heavy atom. The minimum absolute atomic E-state index is 0.0276. The van der Waals surface area contributed by atoms with Crippen molar-refractivity contribution in [3.05, 3.63) is 0 Å². The fraction of sp³-hybridized carbons (Fsp3) is 1.00. The van der Waals surface area contributed by atoms with Crippen molar-refractivity contribution in [2.75, 3.05) is 0 Å². The highest BCUT2D eigenvalue weighted by Crippen LogP contribution is 2.61. The molecule has 3 heterocycles. The summed E-state index contributed by atoms with van der Waals surface area (Å²) in [5, 5.41) is -0.425. The second-order valence-corrected chi connectivity index (χ2v) is 6.98. The molecule has 0 radical (unpaired) electrons. The quantitative estimate of drug-likeness (QED) is 0.561. The molecule has 3 fully saturated rings. The van der Waals surface area contributed by atoms with Crippen LogP contribution in [0, 0.1) is 5.41 Å². The molecule has 3 rings (SSSR count). The van der Waals surface area contributed by atoms with Crippen molar-refractivity contribution in [1.82, 2.24) is 0 Å². The number of fused-ring (bicyclic) bond motifs is 1. The standard InChI is InChI=1S/C9H14O4S/c1-8(2)6-4-5-7(12-6)9(8,3)13-14(5,10)11/h5-7H,4H2,1-3H3. The van der Waals surface area contributed by atoms with E-state index >= 15 is 0 Å². The maximum Gasteiger partial charge on any atom is 0.273 e. The Kier molecular flexibility index (Phi) is 1.32. The molecule has 0 amide bonds. The topological polar surface area (TPSA) is 52.6 Å². The van der Waals surface area contributed by atoms with Gasteiger partial charge < -0.3 is 4.74 Å². The lowest BCUT2D eigenvalue weighted by atomic mass is 9.66. The molecule has 0 aromatic rings. The Bertz CT molecular complexity index is 399. The van der Waals surface area contributed by atoms with Gasteiger partial charge in [0.2, 0.25) is 0 Å². The number of hydrogen-bond acceptors (Lipinski definition) is 4. The maximum absolute atomic E-state index is 11.7. The fourth-order valence-electron chi connectivity index (χ4n) is 3.02. The summed E-state index contributed by atoms with van der Waals surface area (Å²) < 4.78 is 34.3. The van der Waals surface area contributed by atoms with E-state index in [0.717, 1.165) is 0 Å². The number of hydrogen-bond donors (Lipinski definition) is 0. The Morgan fingerprint density at radius 2 is 1.93 bits per heavy atom. The van der Waals surface area contributed by atoms with Crippen molar-refractivity contribution in [1.29, 1.82) is 0 Å². The van der Waals surface area contributed by atoms with Gasteiger partial charge in [-0.2, -0.15) is 8.42 Å². The molecule has 0 spiro atoms. The molecule has 0 saturated carbocycles. The average molecular weight is 218 g/mol. The monoisotopic (exact) mass is 218 g/mol. The third-order valence-corrected chi connectivity index (χ3v) is 6.14. The Hall–Kier alpha value is -0.130. The van der Waals surface area contributed by atoms with Gasteiger partial charge in [-0.15, -0.1) is 0 Å². The van der Waals surface area contributed by atoms with Crippen molar-refractivity contribution < 1.29 is 17.3 Å². The fourth-order valence-corrected chi connectivity index (χ4v) is 4.97. The van der Waals surface area contributed by atoms with Gasteiger partial charge in [-0.1, -0.05) is 13.8 Å². The molecular weight excluding hydrogens is 204 g/mol. The maximum atomic E-state index is 11.7. The first-order valence-corrected chi connectivity index (χ1v) is 6.36. The number of rotatable bonds is 0. The molecule has 4 unspecified atom stereocenters. The molecule has 0 aliphatic carbocycles. The summed E-state index contributed by atoms with van der Waals surface area (Å²) in [5.41, 5.74) is -0.864. The SMILES string of the molecule is CC1(C)C2CC3C(O2)C1(C)OS3(=O)=O. The van der Waals surface area contributed by atoms with Gasteiger partial charge in [-0.25, -0.2) is 0 Å². The second kappa shape index (κ2) is 2.03. The summed E-state index contributed by atoms with van der Waals surface area (Å²) in [6.45, 7) is 5.90. The van der Waals surface area contributed by atoms with Gasteiger partial charge in [0, 0.05) is 5.41 Å². The van der Waals surface area contributed by atoms with Gasteiger partial charge in [-0.3, -0.25) is 4.18 Å². The van der Waals surface area contributed by atoms with E-state index in [1.165, 1.54) is 0 Å². The van der Waals surface area contributed by atoms with Crippen LogP contribution in [0.1, 0.15) is 27.2 Å². The highest BCUT2D eigenvalue weighted by atomic mass is 32.2. The minimum atomic E-state index is -3.39. The van der Waals surface area contributed by atoms with Crippen LogP contribution < -0.4 is 0 Å². The van der Waals surface area contributed by atoms with E-state index in [2.05, 4.69) is 0 Å². The molecule has 0 aromatic heterocycles. The zero-order chi connectivity index (χ0) is 10.4. The van der Waals surface area contributed by atoms with E-state index in [0.29, 0.717) is 6.42 Å². The van der Waals surface area contributed by atoms with E-state index in [4.69, 9.17) is 8.92 Å². The van der Waals surface area contributed by atoms with Crippen LogP contribution in [0.2, 0.25) is 0 Å². The Balaban J connectivity index is 2.22. The predicted octanol–water partition coefficient (Wildman–Crippen LogP) is 0.671. The van der Waals surface area contributed by atoms with Crippen molar-refractivity contribution in [2.24, 2.45) is 5.41 Å². The lowest BCUT2D eigenvalue weighted by Crippen LogP contribution is -2.50. The van der Waals surface area contributed by atoms with Crippen LogP contribution in [0.3, 0.4) is 0 Å². The normalized spacial score (nSPS) is 56.6. The van der Waals surface area contributed by atoms with Gasteiger partial charge in [0.25, 0.3) is 10.1 Å². The van der Waals surface area contributed by atoms with E-state index in [1.54, 1.807) is 0 Å². The highest BCUT2D eigenvalue weighted by molar-refractivity contribution is 7.87. The van der Waals surface area contributed by atoms with Crippen LogP contribution in [0.5, 0.6) is 0 Å². The van der Waals surface area contributed by atoms with Crippen molar-refractivity contribution >= 4 is 10.1 Å². The van der Waals surface area contributed by atoms with Gasteiger partial charge in [0.15, 0.2) is 0 Å². The molecule has 80 valence electrons. The summed E-state index contributed by atoms with van der Waals surface area (Å²) in [5.74, 6) is 0. The van der Waals surface area contributed by atoms with Crippen LogP contribution in [0.15, 0.2) is 0 Å². The van der Waals surface area contributed by atoms with Crippen LogP contribution in [-0.4, -0.2) is 31.5 Å². The molecule has 4 atom stereocenters. The molecular formula is C9H14O4S. The molecule has 0 N–H and O–H groups in total. The molecule has 3 aliphatic rings. The molecule has 4 nitrogen and oxygen atoms in total. The highest BCUT2D eigenvalue weighted by Gasteiger charge is 2.75. The number of ether oxygens (including phenoxy) is 1. The minimum Gasteiger partial charge on any atom is -0.370 e. The Morgan fingerprint density at radius 3 is 2.43 bits per heavy atom. The first kappa shape index (κ1) is 9.12. The smallest absolute Gasteiger partial charge is 0.273 e. The molecule has 3 aliphatic heterocycles. The predicted molar refractivity (Wildman–Crippen MR) is 49.3 cm³/mol. The van der Waals surface area contributed by atoms with Gasteiger partial charge in [-0.05, 0) is 13.3 Å². The third-order valence-electron chi connectivity index (χ3n) is 4.38. The van der Waals surface area contributed by atoms with Gasteiger partial charge in [0.05, 0.1) is 6.10 Å². The van der Waals surface area contributed by atoms with Gasteiger partial charge >= 0.3 is 0 Å². The first-order valence-electron chi connectivity index (χ1n) is 4.89. The third kappa shape index (κ3) is 0.697. The molecule has 0 aromatic carbocycles. The van der Waals surface area contributed by atoms with E-state index in [-0.39, 0.29) is 17.6 Å². The molecule has 14 heavy (non-hydrogen) atoms. The Labute approximate surface area is 83.7 Å². The summed E-state index contributed by atoms with van der Waals surface area (Å²) in [7, 11) is -3.39. The average Bonchev–Trinajstić information content (AvgIpc) is 2.55. The van der Waals surface area contributed by atoms with E-state index in [1.807, 2.05) is 20.8 Å². The zero-order valence-electron chi connectivity index (χ0n) is 8.48. The van der Waals surface area contributed by atoms with Crippen molar-refractivity contribution in [3.63, 3.8) is 0 Å². The van der Waals surface area contributed by atoms with E-state index in [9.17, 15) is 8.42 Å². The molecule has 2 bridgehead atoms.